The zero-order chi connectivity index (χ0) is 18.5. The number of halogens is 2. The van der Waals surface area contributed by atoms with Crippen LogP contribution in [0.2, 0.25) is 10.0 Å². The van der Waals surface area contributed by atoms with Crippen LogP contribution in [0.4, 0.5) is 5.82 Å². The van der Waals surface area contributed by atoms with Crippen LogP contribution in [0.5, 0.6) is 0 Å². The highest BCUT2D eigenvalue weighted by molar-refractivity contribution is 6.33. The fourth-order valence-electron chi connectivity index (χ4n) is 2.31. The second-order valence-corrected chi connectivity index (χ2v) is 6.45. The molecule has 0 aliphatic carbocycles. The summed E-state index contributed by atoms with van der Waals surface area (Å²) in [7, 11) is 0. The van der Waals surface area contributed by atoms with E-state index in [1.807, 2.05) is 37.4 Å². The van der Waals surface area contributed by atoms with Gasteiger partial charge in [0.05, 0.1) is 12.7 Å². The van der Waals surface area contributed by atoms with Crippen molar-refractivity contribution in [2.24, 2.45) is 0 Å². The van der Waals surface area contributed by atoms with E-state index in [0.717, 1.165) is 17.7 Å². The lowest BCUT2D eigenvalue weighted by Gasteiger charge is -2.02. The minimum atomic E-state index is -0.312. The van der Waals surface area contributed by atoms with Crippen LogP contribution in [0, 0.1) is 0 Å². The number of rotatable bonds is 6. The highest BCUT2D eigenvalue weighted by Crippen LogP contribution is 2.20. The number of nitrogens with zero attached hydrogens (tertiary/aromatic N) is 4. The minimum Gasteiger partial charge on any atom is -0.304 e. The summed E-state index contributed by atoms with van der Waals surface area (Å²) in [6.45, 7) is 3.30. The van der Waals surface area contributed by atoms with Crippen molar-refractivity contribution in [3.05, 3.63) is 70.1 Å². The van der Waals surface area contributed by atoms with Crippen LogP contribution in [0.25, 0.3) is 6.08 Å². The Labute approximate surface area is 161 Å². The number of carbonyl (C=O) groups excluding carboxylic acids is 1. The van der Waals surface area contributed by atoms with Gasteiger partial charge in [-0.15, -0.1) is 0 Å². The zero-order valence-corrected chi connectivity index (χ0v) is 15.6. The molecule has 8 heteroatoms. The monoisotopic (exact) mass is 389 g/mol. The highest BCUT2D eigenvalue weighted by atomic mass is 35.5. The smallest absolute Gasteiger partial charge is 0.249 e. The fourth-order valence-corrected chi connectivity index (χ4v) is 2.63. The second-order valence-electron chi connectivity index (χ2n) is 5.60. The van der Waals surface area contributed by atoms with Crippen LogP contribution in [-0.2, 0) is 17.9 Å². The van der Waals surface area contributed by atoms with E-state index in [4.69, 9.17) is 23.2 Å². The third kappa shape index (κ3) is 4.74. The number of nitrogens with one attached hydrogen (secondary N) is 1. The van der Waals surface area contributed by atoms with E-state index in [9.17, 15) is 4.79 Å². The van der Waals surface area contributed by atoms with Crippen molar-refractivity contribution in [3.8, 4) is 0 Å². The molecule has 0 spiro atoms. The van der Waals surface area contributed by atoms with Crippen LogP contribution >= 0.6 is 23.2 Å². The number of amides is 1. The molecule has 0 saturated carbocycles. The molecule has 0 aliphatic heterocycles. The van der Waals surface area contributed by atoms with Crippen molar-refractivity contribution in [1.29, 1.82) is 0 Å². The summed E-state index contributed by atoms with van der Waals surface area (Å²) in [5.74, 6) is 0.00687. The lowest BCUT2D eigenvalue weighted by atomic mass is 10.2. The predicted molar refractivity (Wildman–Crippen MR) is 103 cm³/mol. The standard InChI is InChI=1S/C18H17Cl2N5O/c1-2-24-11-14(9-21-24)5-8-17(26)22-18-16(20)12-25(23-18)10-13-3-6-15(19)7-4-13/h3-9,11-12H,2,10H2,1H3,(H,22,23,26)/b8-5+. The molecule has 1 aromatic carbocycles. The largest absolute Gasteiger partial charge is 0.304 e. The molecule has 2 aromatic heterocycles. The summed E-state index contributed by atoms with van der Waals surface area (Å²) in [5.41, 5.74) is 1.88. The average molecular weight is 390 g/mol. The van der Waals surface area contributed by atoms with Gasteiger partial charge in [-0.05, 0) is 30.7 Å². The van der Waals surface area contributed by atoms with Crippen molar-refractivity contribution >= 4 is 41.0 Å². The Bertz CT molecular complexity index is 927. The fraction of sp³-hybridized carbons (Fsp3) is 0.167. The molecule has 0 bridgehead atoms. The first-order valence-corrected chi connectivity index (χ1v) is 8.78. The summed E-state index contributed by atoms with van der Waals surface area (Å²) < 4.78 is 3.45. The molecule has 134 valence electrons. The van der Waals surface area contributed by atoms with Crippen molar-refractivity contribution in [1.82, 2.24) is 19.6 Å². The molecule has 1 N–H and O–H groups in total. The van der Waals surface area contributed by atoms with E-state index in [1.54, 1.807) is 27.8 Å². The first-order valence-electron chi connectivity index (χ1n) is 8.02. The Morgan fingerprint density at radius 2 is 1.96 bits per heavy atom. The quantitative estimate of drug-likeness (QED) is 0.645. The zero-order valence-electron chi connectivity index (χ0n) is 14.1. The maximum Gasteiger partial charge on any atom is 0.249 e. The van der Waals surface area contributed by atoms with Crippen LogP contribution in [0.3, 0.4) is 0 Å². The summed E-state index contributed by atoms with van der Waals surface area (Å²) in [4.78, 5) is 12.1. The maximum absolute atomic E-state index is 12.1. The van der Waals surface area contributed by atoms with E-state index < -0.39 is 0 Å². The maximum atomic E-state index is 12.1. The van der Waals surface area contributed by atoms with Gasteiger partial charge in [-0.2, -0.15) is 10.2 Å². The number of aryl methyl sites for hydroxylation is 1. The van der Waals surface area contributed by atoms with Gasteiger partial charge in [-0.25, -0.2) is 0 Å². The van der Waals surface area contributed by atoms with Gasteiger partial charge < -0.3 is 5.32 Å². The normalized spacial score (nSPS) is 11.2. The summed E-state index contributed by atoms with van der Waals surface area (Å²) in [6, 6.07) is 7.46. The van der Waals surface area contributed by atoms with Gasteiger partial charge in [0.2, 0.25) is 5.91 Å². The van der Waals surface area contributed by atoms with E-state index in [1.165, 1.54) is 6.08 Å². The number of anilines is 1. The molecular weight excluding hydrogens is 373 g/mol. The van der Waals surface area contributed by atoms with Crippen molar-refractivity contribution in [2.45, 2.75) is 20.0 Å². The van der Waals surface area contributed by atoms with Crippen molar-refractivity contribution < 1.29 is 4.79 Å². The van der Waals surface area contributed by atoms with E-state index in [-0.39, 0.29) is 5.91 Å². The van der Waals surface area contributed by atoms with Gasteiger partial charge in [0.1, 0.15) is 5.02 Å². The molecule has 26 heavy (non-hydrogen) atoms. The Hall–Kier alpha value is -2.57. The average Bonchev–Trinajstić information content (AvgIpc) is 3.22. The molecule has 2 heterocycles. The van der Waals surface area contributed by atoms with Gasteiger partial charge in [-0.1, -0.05) is 35.3 Å². The molecule has 3 rings (SSSR count). The Balaban J connectivity index is 1.63. The number of carbonyl (C=O) groups is 1. The third-order valence-electron chi connectivity index (χ3n) is 3.62. The molecule has 6 nitrogen and oxygen atoms in total. The van der Waals surface area contributed by atoms with E-state index in [2.05, 4.69) is 15.5 Å². The summed E-state index contributed by atoms with van der Waals surface area (Å²) in [5, 5.41) is 12.2. The summed E-state index contributed by atoms with van der Waals surface area (Å²) >= 11 is 12.0. The van der Waals surface area contributed by atoms with Crippen LogP contribution in [0.15, 0.2) is 48.9 Å². The second kappa shape index (κ2) is 8.21. The van der Waals surface area contributed by atoms with Gasteiger partial charge in [-0.3, -0.25) is 14.2 Å². The molecule has 0 atom stereocenters. The summed E-state index contributed by atoms with van der Waals surface area (Å²) in [6.07, 6.45) is 8.33. The van der Waals surface area contributed by atoms with Crippen molar-refractivity contribution in [2.75, 3.05) is 5.32 Å². The van der Waals surface area contributed by atoms with Crippen LogP contribution in [0.1, 0.15) is 18.1 Å². The highest BCUT2D eigenvalue weighted by Gasteiger charge is 2.09. The number of aromatic nitrogens is 4. The first-order chi connectivity index (χ1) is 12.5. The molecule has 0 saturated heterocycles. The first kappa shape index (κ1) is 18.2. The van der Waals surface area contributed by atoms with E-state index in [0.29, 0.717) is 22.4 Å². The van der Waals surface area contributed by atoms with Crippen LogP contribution < -0.4 is 5.32 Å². The molecule has 0 fully saturated rings. The third-order valence-corrected chi connectivity index (χ3v) is 4.15. The Morgan fingerprint density at radius 1 is 1.19 bits per heavy atom. The predicted octanol–water partition coefficient (Wildman–Crippen LogP) is 4.11. The number of hydrogen-bond donors (Lipinski definition) is 1. The van der Waals surface area contributed by atoms with Crippen molar-refractivity contribution in [3.63, 3.8) is 0 Å². The molecule has 0 unspecified atom stereocenters. The van der Waals surface area contributed by atoms with Gasteiger partial charge in [0.15, 0.2) is 5.82 Å². The Kier molecular flexibility index (Phi) is 5.75. The minimum absolute atomic E-state index is 0.312. The number of benzene rings is 1. The van der Waals surface area contributed by atoms with E-state index >= 15 is 0 Å². The van der Waals surface area contributed by atoms with Gasteiger partial charge in [0, 0.05) is 35.6 Å². The molecule has 1 amide bonds. The molecular formula is C18H17Cl2N5O. The topological polar surface area (TPSA) is 64.7 Å². The lowest BCUT2D eigenvalue weighted by molar-refractivity contribution is -0.111. The van der Waals surface area contributed by atoms with Gasteiger partial charge >= 0.3 is 0 Å². The molecule has 0 radical (unpaired) electrons. The Morgan fingerprint density at radius 3 is 2.65 bits per heavy atom. The lowest BCUT2D eigenvalue weighted by Crippen LogP contribution is -2.09. The van der Waals surface area contributed by atoms with Crippen LogP contribution in [-0.4, -0.2) is 25.5 Å². The molecule has 3 aromatic rings. The number of hydrogen-bond acceptors (Lipinski definition) is 3. The van der Waals surface area contributed by atoms with Gasteiger partial charge in [0.25, 0.3) is 0 Å². The molecule has 0 aliphatic rings. The SMILES string of the molecule is CCn1cc(/C=C/C(=O)Nc2nn(Cc3ccc(Cl)cc3)cc2Cl)cn1.